The van der Waals surface area contributed by atoms with E-state index in [1.807, 2.05) is 0 Å². The Morgan fingerprint density at radius 1 is 1.07 bits per heavy atom. The van der Waals surface area contributed by atoms with Gasteiger partial charge in [-0.3, -0.25) is 20.2 Å². The van der Waals surface area contributed by atoms with E-state index in [1.165, 1.54) is 55.8 Å². The maximum absolute atomic E-state index is 13.4. The average molecular weight is 710 g/mol. The fourth-order valence-electron chi connectivity index (χ4n) is 3.68. The third kappa shape index (κ3) is 10.3. The lowest BCUT2D eigenvalue weighted by Crippen LogP contribution is -2.42. The number of ether oxygens (including phenoxy) is 2. The molecule has 16 heteroatoms. The summed E-state index contributed by atoms with van der Waals surface area (Å²) in [5, 5.41) is 13.6. The number of halogens is 2. The van der Waals surface area contributed by atoms with Crippen LogP contribution < -0.4 is 14.4 Å². The van der Waals surface area contributed by atoms with Gasteiger partial charge >= 0.3 is 18.1 Å². The maximum atomic E-state index is 13.4. The lowest BCUT2D eigenvalue weighted by Gasteiger charge is -2.26. The normalized spacial score (nSPS) is 10.5. The number of para-hydroxylation sites is 1. The molecular weight excluding hydrogens is 680 g/mol. The fourth-order valence-corrected chi connectivity index (χ4v) is 4.79. The third-order valence-electron chi connectivity index (χ3n) is 5.88. The lowest BCUT2D eigenvalue weighted by atomic mass is 10.1. The van der Waals surface area contributed by atoms with Gasteiger partial charge in [-0.15, -0.1) is 0 Å². The van der Waals surface area contributed by atoms with Crippen molar-refractivity contribution in [1.82, 2.24) is 19.6 Å². The van der Waals surface area contributed by atoms with E-state index >= 15 is 0 Å². The van der Waals surface area contributed by atoms with Crippen LogP contribution in [0.4, 0.5) is 21.0 Å². The van der Waals surface area contributed by atoms with E-state index < -0.39 is 28.6 Å². The second-order valence-electron chi connectivity index (χ2n) is 9.19. The number of carbonyl (C=O) groups excluding carboxylic acids is 3. The molecule has 234 valence electrons. The number of nitrogens with zero attached hydrogens (tertiary/aromatic N) is 5. The first-order chi connectivity index (χ1) is 21.1. The highest BCUT2D eigenvalue weighted by atomic mass is 79.9. The molecule has 0 aliphatic heterocycles. The van der Waals surface area contributed by atoms with Crippen LogP contribution in [0.25, 0.3) is 0 Å². The number of amides is 4. The molecule has 3 rings (SSSR count). The highest BCUT2D eigenvalue weighted by Crippen LogP contribution is 2.35. The van der Waals surface area contributed by atoms with E-state index in [-0.39, 0.29) is 34.6 Å². The predicted octanol–water partition coefficient (Wildman–Crippen LogP) is 7.94. The molecule has 3 aromatic rings. The molecule has 13 nitrogen and oxygen atoms in total. The number of hydrogen-bond acceptors (Lipinski definition) is 10. The topological polar surface area (TPSA) is 157 Å². The molecular formula is C28H30BrClN6O7S. The van der Waals surface area contributed by atoms with Crippen molar-refractivity contribution < 1.29 is 28.8 Å². The number of aromatic nitrogens is 2. The summed E-state index contributed by atoms with van der Waals surface area (Å²) in [5.41, 5.74) is -0.654. The molecule has 1 heterocycles. The van der Waals surface area contributed by atoms with Crippen LogP contribution in [0, 0.1) is 10.1 Å². The smallest absolute Gasteiger partial charge is 0.420 e. The van der Waals surface area contributed by atoms with E-state index in [1.54, 1.807) is 0 Å². The number of urea groups is 1. The molecule has 0 aliphatic rings. The Morgan fingerprint density at radius 2 is 1.75 bits per heavy atom. The minimum Gasteiger partial charge on any atom is -0.449 e. The standard InChI is InChI=1S/C28H30BrClN6O7S/c1-3-4-5-6-7-10-15-42-28(39)34(2)44-35(27(38)33-25(37)21-11-8-9-12-23(21)36(40)41)20-13-14-24(22(30)16-20)43-26-31-17-19(29)18-32-26/h8-9,11-14,16-18H,3-7,10,15H2,1-2H3,(H,33,37,38). The first-order valence-electron chi connectivity index (χ1n) is 13.5. The fraction of sp³-hybridized carbons (Fsp3) is 0.321. The van der Waals surface area contributed by atoms with Crippen LogP contribution >= 0.6 is 39.7 Å². The van der Waals surface area contributed by atoms with Crippen LogP contribution in [-0.2, 0) is 4.74 Å². The summed E-state index contributed by atoms with van der Waals surface area (Å²) < 4.78 is 13.7. The quantitative estimate of drug-likeness (QED) is 0.0754. The van der Waals surface area contributed by atoms with Crippen molar-refractivity contribution in [3.63, 3.8) is 0 Å². The van der Waals surface area contributed by atoms with Crippen molar-refractivity contribution in [3.8, 4) is 11.8 Å². The summed E-state index contributed by atoms with van der Waals surface area (Å²) in [6, 6.07) is 8.49. The molecule has 0 fully saturated rings. The van der Waals surface area contributed by atoms with E-state index in [4.69, 9.17) is 21.1 Å². The molecule has 4 amide bonds. The zero-order chi connectivity index (χ0) is 32.1. The van der Waals surface area contributed by atoms with Crippen LogP contribution in [0.2, 0.25) is 5.02 Å². The SMILES string of the molecule is CCCCCCCCOC(=O)N(C)SN(C(=O)NC(=O)c1ccccc1[N+](=O)[O-])c1ccc(Oc2ncc(Br)cn2)c(Cl)c1. The van der Waals surface area contributed by atoms with Gasteiger partial charge in [0, 0.05) is 25.5 Å². The van der Waals surface area contributed by atoms with Crippen LogP contribution in [-0.4, -0.2) is 50.9 Å². The minimum absolute atomic E-state index is 0.0229. The second-order valence-corrected chi connectivity index (χ2v) is 11.6. The number of nitro benzene ring substituents is 1. The molecule has 0 unspecified atom stereocenters. The molecule has 0 saturated carbocycles. The Balaban J connectivity index is 1.78. The van der Waals surface area contributed by atoms with Crippen molar-refractivity contribution in [3.05, 3.63) is 80.0 Å². The molecule has 0 atom stereocenters. The predicted molar refractivity (Wildman–Crippen MR) is 170 cm³/mol. The molecule has 0 saturated heterocycles. The first kappa shape index (κ1) is 34.5. The molecule has 1 aromatic heterocycles. The van der Waals surface area contributed by atoms with Crippen molar-refractivity contribution in [2.45, 2.75) is 45.4 Å². The van der Waals surface area contributed by atoms with E-state index in [0.29, 0.717) is 23.0 Å². The van der Waals surface area contributed by atoms with Gasteiger partial charge in [0.15, 0.2) is 0 Å². The number of rotatable bonds is 14. The van der Waals surface area contributed by atoms with Gasteiger partial charge in [-0.2, -0.15) is 0 Å². The molecule has 0 bridgehead atoms. The van der Waals surface area contributed by atoms with Crippen LogP contribution in [0.5, 0.6) is 11.8 Å². The molecule has 0 spiro atoms. The summed E-state index contributed by atoms with van der Waals surface area (Å²) in [6.07, 6.45) is 8.34. The molecule has 0 radical (unpaired) electrons. The Bertz CT molecular complexity index is 1470. The van der Waals surface area contributed by atoms with Crippen molar-refractivity contribution >= 4 is 69.1 Å². The van der Waals surface area contributed by atoms with E-state index in [0.717, 1.165) is 46.8 Å². The van der Waals surface area contributed by atoms with Crippen molar-refractivity contribution in [2.24, 2.45) is 0 Å². The van der Waals surface area contributed by atoms with Gasteiger partial charge < -0.3 is 9.47 Å². The van der Waals surface area contributed by atoms with E-state index in [9.17, 15) is 24.5 Å². The number of anilines is 1. The third-order valence-corrected chi connectivity index (χ3v) is 7.52. The van der Waals surface area contributed by atoms with E-state index in [2.05, 4.69) is 38.1 Å². The number of unbranched alkanes of at least 4 members (excludes halogenated alkanes) is 5. The Labute approximate surface area is 271 Å². The zero-order valence-corrected chi connectivity index (χ0v) is 27.1. The second kappa shape index (κ2) is 17.4. The van der Waals surface area contributed by atoms with Gasteiger partial charge in [-0.05, 0) is 46.6 Å². The van der Waals surface area contributed by atoms with Crippen LogP contribution in [0.1, 0.15) is 55.8 Å². The van der Waals surface area contributed by atoms with Gasteiger partial charge in [0.2, 0.25) is 0 Å². The Morgan fingerprint density at radius 3 is 2.43 bits per heavy atom. The number of nitro groups is 1. The maximum Gasteiger partial charge on any atom is 0.420 e. The summed E-state index contributed by atoms with van der Waals surface area (Å²) in [7, 11) is 1.39. The monoisotopic (exact) mass is 708 g/mol. The highest BCUT2D eigenvalue weighted by Gasteiger charge is 2.28. The average Bonchev–Trinajstić information content (AvgIpc) is 3.01. The highest BCUT2D eigenvalue weighted by molar-refractivity contribution is 9.10. The lowest BCUT2D eigenvalue weighted by molar-refractivity contribution is -0.385. The number of nitrogens with one attached hydrogen (secondary N) is 1. The number of carbonyl (C=O) groups is 3. The minimum atomic E-state index is -1.01. The molecule has 0 aliphatic carbocycles. The number of hydrogen-bond donors (Lipinski definition) is 1. The van der Waals surface area contributed by atoms with Crippen molar-refractivity contribution in [2.75, 3.05) is 18.0 Å². The summed E-state index contributed by atoms with van der Waals surface area (Å²) in [4.78, 5) is 57.7. The van der Waals surface area contributed by atoms with Gasteiger partial charge in [-0.25, -0.2) is 28.2 Å². The largest absolute Gasteiger partial charge is 0.449 e. The van der Waals surface area contributed by atoms with Gasteiger partial charge in [0.25, 0.3) is 11.6 Å². The van der Waals surface area contributed by atoms with Crippen LogP contribution in [0.3, 0.4) is 0 Å². The molecule has 1 N–H and O–H groups in total. The summed E-state index contributed by atoms with van der Waals surface area (Å²) >= 11 is 10.3. The summed E-state index contributed by atoms with van der Waals surface area (Å²) in [6.45, 7) is 2.34. The van der Waals surface area contributed by atoms with Gasteiger partial charge in [0.1, 0.15) is 11.3 Å². The van der Waals surface area contributed by atoms with Crippen LogP contribution in [0.15, 0.2) is 59.3 Å². The number of benzene rings is 2. The van der Waals surface area contributed by atoms with Gasteiger partial charge in [0.05, 0.1) is 38.8 Å². The Hall–Kier alpha value is -3.95. The van der Waals surface area contributed by atoms with Gasteiger partial charge in [-0.1, -0.05) is 62.8 Å². The Kier molecular flexibility index (Phi) is 13.6. The first-order valence-corrected chi connectivity index (χ1v) is 15.4. The summed E-state index contributed by atoms with van der Waals surface area (Å²) in [5.74, 6) is -0.842. The van der Waals surface area contributed by atoms with Crippen molar-refractivity contribution in [1.29, 1.82) is 0 Å². The number of imide groups is 1. The molecule has 44 heavy (non-hydrogen) atoms. The molecule has 2 aromatic carbocycles. The zero-order valence-electron chi connectivity index (χ0n) is 23.9.